The maximum absolute atomic E-state index is 9.46. The fourth-order valence-corrected chi connectivity index (χ4v) is 2.08. The summed E-state index contributed by atoms with van der Waals surface area (Å²) < 4.78 is 2.05. The third kappa shape index (κ3) is 3.34. The van der Waals surface area contributed by atoms with E-state index in [1.165, 1.54) is 0 Å². The summed E-state index contributed by atoms with van der Waals surface area (Å²) in [5.41, 5.74) is 1.09. The summed E-state index contributed by atoms with van der Waals surface area (Å²) >= 11 is 0. The average molecular weight is 245 g/mol. The fraction of sp³-hybridized carbons (Fsp3) is 0.357. The van der Waals surface area contributed by atoms with Crippen LogP contribution in [0.15, 0.2) is 43.0 Å². The van der Waals surface area contributed by atoms with Crippen molar-refractivity contribution < 1.29 is 5.11 Å². The summed E-state index contributed by atoms with van der Waals surface area (Å²) in [6.07, 6.45) is 5.56. The highest BCUT2D eigenvalue weighted by Crippen LogP contribution is 2.18. The summed E-state index contributed by atoms with van der Waals surface area (Å²) in [5.74, 6) is 0.309. The van der Waals surface area contributed by atoms with E-state index in [0.717, 1.165) is 12.1 Å². The molecule has 2 atom stereocenters. The van der Waals surface area contributed by atoms with Gasteiger partial charge in [0.15, 0.2) is 0 Å². The van der Waals surface area contributed by atoms with E-state index in [0.29, 0.717) is 11.8 Å². The molecular formula is C14H19N3O. The number of hydrogen-bond acceptors (Lipinski definition) is 3. The predicted molar refractivity (Wildman–Crippen MR) is 71.3 cm³/mol. The summed E-state index contributed by atoms with van der Waals surface area (Å²) in [6.45, 7) is 5.11. The van der Waals surface area contributed by atoms with Crippen molar-refractivity contribution in [3.8, 4) is 5.75 Å². The molecule has 0 fully saturated rings. The topological polar surface area (TPSA) is 50.1 Å². The number of phenolic OH excluding ortho intramolecular Hbond substituents is 1. The van der Waals surface area contributed by atoms with Gasteiger partial charge in [0.25, 0.3) is 0 Å². The van der Waals surface area contributed by atoms with Gasteiger partial charge < -0.3 is 15.0 Å². The molecule has 0 aliphatic carbocycles. The van der Waals surface area contributed by atoms with Crippen molar-refractivity contribution >= 4 is 0 Å². The monoisotopic (exact) mass is 245 g/mol. The van der Waals surface area contributed by atoms with E-state index in [-0.39, 0.29) is 6.04 Å². The first-order valence-corrected chi connectivity index (χ1v) is 6.16. The van der Waals surface area contributed by atoms with Crippen LogP contribution in [0.1, 0.15) is 25.5 Å². The molecule has 0 aliphatic heterocycles. The summed E-state index contributed by atoms with van der Waals surface area (Å²) in [4.78, 5) is 4.03. The molecular weight excluding hydrogens is 226 g/mol. The summed E-state index contributed by atoms with van der Waals surface area (Å²) in [7, 11) is 0. The smallest absolute Gasteiger partial charge is 0.115 e. The molecule has 1 aromatic carbocycles. The second-order valence-electron chi connectivity index (χ2n) is 4.64. The van der Waals surface area contributed by atoms with Crippen molar-refractivity contribution in [1.82, 2.24) is 14.9 Å². The van der Waals surface area contributed by atoms with Crippen LogP contribution in [-0.2, 0) is 6.54 Å². The molecule has 18 heavy (non-hydrogen) atoms. The maximum atomic E-state index is 9.46. The van der Waals surface area contributed by atoms with E-state index in [4.69, 9.17) is 0 Å². The summed E-state index contributed by atoms with van der Waals surface area (Å²) in [5, 5.41) is 13.0. The third-order valence-electron chi connectivity index (χ3n) is 2.95. The molecule has 4 nitrogen and oxygen atoms in total. The quantitative estimate of drug-likeness (QED) is 0.850. The lowest BCUT2D eigenvalue weighted by molar-refractivity contribution is 0.427. The van der Waals surface area contributed by atoms with Crippen molar-refractivity contribution in [2.75, 3.05) is 0 Å². The molecule has 96 valence electrons. The van der Waals surface area contributed by atoms with Gasteiger partial charge in [0, 0.05) is 31.0 Å². The SMILES string of the molecule is CC(Cn1ccnc1)NC(C)c1cccc(O)c1. The van der Waals surface area contributed by atoms with Crippen LogP contribution >= 0.6 is 0 Å². The molecule has 1 aromatic heterocycles. The van der Waals surface area contributed by atoms with Gasteiger partial charge in [-0.05, 0) is 31.5 Å². The highest BCUT2D eigenvalue weighted by Gasteiger charge is 2.10. The van der Waals surface area contributed by atoms with Gasteiger partial charge in [0.05, 0.1) is 6.33 Å². The van der Waals surface area contributed by atoms with Crippen LogP contribution < -0.4 is 5.32 Å². The van der Waals surface area contributed by atoms with Crippen LogP contribution in [0.25, 0.3) is 0 Å². The third-order valence-corrected chi connectivity index (χ3v) is 2.95. The number of rotatable bonds is 5. The Morgan fingerprint density at radius 3 is 2.89 bits per heavy atom. The first kappa shape index (κ1) is 12.6. The van der Waals surface area contributed by atoms with Crippen molar-refractivity contribution in [3.63, 3.8) is 0 Å². The first-order valence-electron chi connectivity index (χ1n) is 6.16. The maximum Gasteiger partial charge on any atom is 0.115 e. The minimum absolute atomic E-state index is 0.204. The molecule has 0 saturated heterocycles. The Kier molecular flexibility index (Phi) is 3.99. The van der Waals surface area contributed by atoms with E-state index < -0.39 is 0 Å². The zero-order valence-corrected chi connectivity index (χ0v) is 10.7. The zero-order valence-electron chi connectivity index (χ0n) is 10.7. The lowest BCUT2D eigenvalue weighted by Crippen LogP contribution is -2.32. The van der Waals surface area contributed by atoms with Crippen LogP contribution in [0, 0.1) is 0 Å². The highest BCUT2D eigenvalue weighted by atomic mass is 16.3. The molecule has 0 amide bonds. The lowest BCUT2D eigenvalue weighted by Gasteiger charge is -2.20. The van der Waals surface area contributed by atoms with Gasteiger partial charge in [-0.1, -0.05) is 12.1 Å². The summed E-state index contributed by atoms with van der Waals surface area (Å²) in [6, 6.07) is 7.89. The van der Waals surface area contributed by atoms with Gasteiger partial charge in [0.2, 0.25) is 0 Å². The molecule has 2 unspecified atom stereocenters. The second-order valence-corrected chi connectivity index (χ2v) is 4.64. The van der Waals surface area contributed by atoms with Crippen LogP contribution in [0.3, 0.4) is 0 Å². The Hall–Kier alpha value is -1.81. The largest absolute Gasteiger partial charge is 0.508 e. The minimum atomic E-state index is 0.204. The van der Waals surface area contributed by atoms with Crippen molar-refractivity contribution in [2.45, 2.75) is 32.5 Å². The van der Waals surface area contributed by atoms with E-state index in [2.05, 4.69) is 24.1 Å². The van der Waals surface area contributed by atoms with Gasteiger partial charge in [0.1, 0.15) is 5.75 Å². The highest BCUT2D eigenvalue weighted by molar-refractivity contribution is 5.29. The molecule has 2 rings (SSSR count). The first-order chi connectivity index (χ1) is 8.65. The van der Waals surface area contributed by atoms with Crippen molar-refractivity contribution in [2.24, 2.45) is 0 Å². The van der Waals surface area contributed by atoms with Crippen molar-refractivity contribution in [3.05, 3.63) is 48.5 Å². The Morgan fingerprint density at radius 2 is 2.22 bits per heavy atom. The number of imidazole rings is 1. The van der Waals surface area contributed by atoms with Gasteiger partial charge in [-0.25, -0.2) is 4.98 Å². The van der Waals surface area contributed by atoms with Crippen molar-refractivity contribution in [1.29, 1.82) is 0 Å². The Labute approximate surface area is 107 Å². The van der Waals surface area contributed by atoms with Crippen LogP contribution in [0.2, 0.25) is 0 Å². The molecule has 0 bridgehead atoms. The molecule has 0 spiro atoms. The normalized spacial score (nSPS) is 14.3. The Bertz CT molecular complexity index is 482. The number of aromatic hydroxyl groups is 1. The van der Waals surface area contributed by atoms with E-state index in [1.807, 2.05) is 29.2 Å². The molecule has 2 N–H and O–H groups in total. The Balaban J connectivity index is 1.92. The van der Waals surface area contributed by atoms with E-state index in [1.54, 1.807) is 18.3 Å². The Morgan fingerprint density at radius 1 is 1.39 bits per heavy atom. The fourth-order valence-electron chi connectivity index (χ4n) is 2.08. The van der Waals surface area contributed by atoms with Gasteiger partial charge in [-0.2, -0.15) is 0 Å². The molecule has 2 aromatic rings. The second kappa shape index (κ2) is 5.69. The van der Waals surface area contributed by atoms with Gasteiger partial charge in [-0.15, -0.1) is 0 Å². The number of aromatic nitrogens is 2. The van der Waals surface area contributed by atoms with Crippen LogP contribution in [0.4, 0.5) is 0 Å². The van der Waals surface area contributed by atoms with E-state index >= 15 is 0 Å². The average Bonchev–Trinajstić information content (AvgIpc) is 2.81. The van der Waals surface area contributed by atoms with Crippen LogP contribution in [-0.4, -0.2) is 20.7 Å². The minimum Gasteiger partial charge on any atom is -0.508 e. The standard InChI is InChI=1S/C14H19N3O/c1-11(9-17-7-6-15-10-17)16-12(2)13-4-3-5-14(18)8-13/h3-8,10-12,16,18H,9H2,1-2H3. The lowest BCUT2D eigenvalue weighted by atomic mass is 10.1. The number of nitrogens with one attached hydrogen (secondary N) is 1. The molecule has 4 heteroatoms. The van der Waals surface area contributed by atoms with Gasteiger partial charge >= 0.3 is 0 Å². The van der Waals surface area contributed by atoms with E-state index in [9.17, 15) is 5.11 Å². The molecule has 0 saturated carbocycles. The predicted octanol–water partition coefficient (Wildman–Crippen LogP) is 2.33. The number of nitrogens with zero attached hydrogens (tertiary/aromatic N) is 2. The van der Waals surface area contributed by atoms with Crippen LogP contribution in [0.5, 0.6) is 5.75 Å². The zero-order chi connectivity index (χ0) is 13.0. The molecule has 1 heterocycles. The number of benzene rings is 1. The van der Waals surface area contributed by atoms with Gasteiger partial charge in [-0.3, -0.25) is 0 Å². The number of hydrogen-bond donors (Lipinski definition) is 2. The molecule has 0 radical (unpaired) electrons. The number of phenols is 1. The molecule has 0 aliphatic rings.